The third-order valence-electron chi connectivity index (χ3n) is 3.93. The summed E-state index contributed by atoms with van der Waals surface area (Å²) >= 11 is 6.22. The molecule has 1 amide bonds. The number of amides is 1. The van der Waals surface area contributed by atoms with Crippen LogP contribution in [0.3, 0.4) is 0 Å². The van der Waals surface area contributed by atoms with Gasteiger partial charge in [0.2, 0.25) is 0 Å². The minimum absolute atomic E-state index is 0.192. The van der Waals surface area contributed by atoms with Crippen LogP contribution >= 0.6 is 11.6 Å². The number of halogens is 1. The van der Waals surface area contributed by atoms with Crippen molar-refractivity contribution in [2.24, 2.45) is 5.92 Å². The molecule has 0 atom stereocenters. The van der Waals surface area contributed by atoms with Crippen LogP contribution in [-0.4, -0.2) is 55.2 Å². The van der Waals surface area contributed by atoms with Gasteiger partial charge in [-0.05, 0) is 41.5 Å². The molecule has 3 rings (SSSR count). The van der Waals surface area contributed by atoms with E-state index in [0.29, 0.717) is 42.2 Å². The molecule has 1 saturated heterocycles. The number of carboxylic acid groups (broad SMARTS) is 1. The molecular weight excluding hydrogens is 322 g/mol. The number of benzene rings is 1. The minimum atomic E-state index is -0.805. The summed E-state index contributed by atoms with van der Waals surface area (Å²) in [7, 11) is 0. The van der Waals surface area contributed by atoms with Gasteiger partial charge in [-0.2, -0.15) is 0 Å². The second-order valence-corrected chi connectivity index (χ2v) is 5.73. The molecule has 0 bridgehead atoms. The Labute approximate surface area is 136 Å². The first-order valence-corrected chi connectivity index (χ1v) is 7.49. The average molecular weight is 336 g/mol. The van der Waals surface area contributed by atoms with Crippen LogP contribution in [0.1, 0.15) is 23.2 Å². The Hall–Kier alpha value is -2.48. The molecule has 0 aliphatic carbocycles. The van der Waals surface area contributed by atoms with E-state index in [0.717, 1.165) is 0 Å². The SMILES string of the molecule is O=C(O)C1CCN(C(=O)c2ccc(-n3cnnn3)cc2Cl)CC1. The summed E-state index contributed by atoms with van der Waals surface area (Å²) in [5.41, 5.74) is 1.04. The quantitative estimate of drug-likeness (QED) is 0.906. The number of nitrogens with zero attached hydrogens (tertiary/aromatic N) is 5. The van der Waals surface area contributed by atoms with Gasteiger partial charge in [-0.25, -0.2) is 4.68 Å². The maximum atomic E-state index is 12.5. The lowest BCUT2D eigenvalue weighted by Gasteiger charge is -2.30. The summed E-state index contributed by atoms with van der Waals surface area (Å²) in [5.74, 6) is -1.38. The van der Waals surface area contributed by atoms with E-state index in [1.165, 1.54) is 11.0 Å². The molecule has 23 heavy (non-hydrogen) atoms. The Morgan fingerprint density at radius 2 is 2.00 bits per heavy atom. The maximum absolute atomic E-state index is 12.5. The number of likely N-dealkylation sites (tertiary alicyclic amines) is 1. The average Bonchev–Trinajstić information content (AvgIpc) is 3.08. The van der Waals surface area contributed by atoms with Crippen molar-refractivity contribution in [1.82, 2.24) is 25.1 Å². The molecule has 0 saturated carbocycles. The zero-order chi connectivity index (χ0) is 16.4. The molecule has 1 aliphatic rings. The number of rotatable bonds is 3. The van der Waals surface area contributed by atoms with Gasteiger partial charge in [-0.1, -0.05) is 11.6 Å². The lowest BCUT2D eigenvalue weighted by molar-refractivity contribution is -0.143. The highest BCUT2D eigenvalue weighted by Crippen LogP contribution is 2.24. The van der Waals surface area contributed by atoms with Crippen LogP contribution in [0.4, 0.5) is 0 Å². The normalized spacial score (nSPS) is 15.6. The Morgan fingerprint density at radius 1 is 1.26 bits per heavy atom. The molecule has 1 aromatic heterocycles. The molecule has 1 aromatic carbocycles. The highest BCUT2D eigenvalue weighted by Gasteiger charge is 2.28. The minimum Gasteiger partial charge on any atom is -0.481 e. The van der Waals surface area contributed by atoms with Gasteiger partial charge in [0.05, 0.1) is 22.2 Å². The number of aromatic nitrogens is 4. The predicted molar refractivity (Wildman–Crippen MR) is 80.4 cm³/mol. The van der Waals surface area contributed by atoms with Crippen molar-refractivity contribution in [2.75, 3.05) is 13.1 Å². The highest BCUT2D eigenvalue weighted by molar-refractivity contribution is 6.34. The number of hydrogen-bond acceptors (Lipinski definition) is 5. The first kappa shape index (κ1) is 15.4. The van der Waals surface area contributed by atoms with Crippen LogP contribution in [0.2, 0.25) is 5.02 Å². The van der Waals surface area contributed by atoms with Crippen LogP contribution in [-0.2, 0) is 4.79 Å². The zero-order valence-corrected chi connectivity index (χ0v) is 12.8. The number of carbonyl (C=O) groups is 2. The molecule has 120 valence electrons. The number of carboxylic acids is 1. The third-order valence-corrected chi connectivity index (χ3v) is 4.24. The van der Waals surface area contributed by atoms with E-state index in [1.807, 2.05) is 0 Å². The standard InChI is InChI=1S/C14H14ClN5O3/c15-12-7-10(20-8-16-17-18-20)1-2-11(12)13(21)19-5-3-9(4-6-19)14(22)23/h1-2,7-9H,3-6H2,(H,22,23). The first-order valence-electron chi connectivity index (χ1n) is 7.11. The number of carbonyl (C=O) groups excluding carboxylic acids is 1. The molecule has 1 fully saturated rings. The fraction of sp³-hybridized carbons (Fsp3) is 0.357. The van der Waals surface area contributed by atoms with E-state index in [-0.39, 0.29) is 11.8 Å². The molecular formula is C14H14ClN5O3. The topological polar surface area (TPSA) is 101 Å². The van der Waals surface area contributed by atoms with Crippen LogP contribution < -0.4 is 0 Å². The second kappa shape index (κ2) is 6.33. The molecule has 2 aromatic rings. The van der Waals surface area contributed by atoms with E-state index >= 15 is 0 Å². The fourth-order valence-corrected chi connectivity index (χ4v) is 2.86. The number of hydrogen-bond donors (Lipinski definition) is 1. The van der Waals surface area contributed by atoms with Crippen molar-refractivity contribution in [3.8, 4) is 5.69 Å². The summed E-state index contributed by atoms with van der Waals surface area (Å²) < 4.78 is 1.44. The Bertz CT molecular complexity index is 726. The molecule has 0 radical (unpaired) electrons. The van der Waals surface area contributed by atoms with Gasteiger partial charge in [-0.15, -0.1) is 5.10 Å². The summed E-state index contributed by atoms with van der Waals surface area (Å²) in [6.07, 6.45) is 2.35. The lowest BCUT2D eigenvalue weighted by Crippen LogP contribution is -2.40. The van der Waals surface area contributed by atoms with E-state index in [4.69, 9.17) is 16.7 Å². The maximum Gasteiger partial charge on any atom is 0.306 e. The Morgan fingerprint density at radius 3 is 2.57 bits per heavy atom. The predicted octanol–water partition coefficient (Wildman–Crippen LogP) is 1.25. The van der Waals surface area contributed by atoms with Gasteiger partial charge >= 0.3 is 5.97 Å². The van der Waals surface area contributed by atoms with E-state index in [1.54, 1.807) is 23.1 Å². The lowest BCUT2D eigenvalue weighted by atomic mass is 9.96. The summed E-state index contributed by atoms with van der Waals surface area (Å²) in [5, 5.41) is 20.2. The molecule has 0 spiro atoms. The van der Waals surface area contributed by atoms with Crippen molar-refractivity contribution in [1.29, 1.82) is 0 Å². The highest BCUT2D eigenvalue weighted by atomic mass is 35.5. The zero-order valence-electron chi connectivity index (χ0n) is 12.1. The van der Waals surface area contributed by atoms with Crippen LogP contribution in [0.5, 0.6) is 0 Å². The van der Waals surface area contributed by atoms with Gasteiger partial charge < -0.3 is 10.0 Å². The van der Waals surface area contributed by atoms with E-state index in [9.17, 15) is 9.59 Å². The van der Waals surface area contributed by atoms with Gasteiger partial charge in [0, 0.05) is 13.1 Å². The summed E-state index contributed by atoms with van der Waals surface area (Å²) in [6.45, 7) is 0.835. The van der Waals surface area contributed by atoms with Crippen molar-refractivity contribution >= 4 is 23.5 Å². The monoisotopic (exact) mass is 335 g/mol. The Kier molecular flexibility index (Phi) is 4.24. The number of piperidine rings is 1. The largest absolute Gasteiger partial charge is 0.481 e. The van der Waals surface area contributed by atoms with Crippen molar-refractivity contribution in [3.63, 3.8) is 0 Å². The molecule has 2 heterocycles. The van der Waals surface area contributed by atoms with E-state index < -0.39 is 5.97 Å². The van der Waals surface area contributed by atoms with Gasteiger partial charge in [-0.3, -0.25) is 9.59 Å². The summed E-state index contributed by atoms with van der Waals surface area (Å²) in [6, 6.07) is 4.96. The van der Waals surface area contributed by atoms with Crippen LogP contribution in [0, 0.1) is 5.92 Å². The number of aliphatic carboxylic acids is 1. The van der Waals surface area contributed by atoms with Crippen molar-refractivity contribution < 1.29 is 14.7 Å². The smallest absolute Gasteiger partial charge is 0.306 e. The fourth-order valence-electron chi connectivity index (χ4n) is 2.60. The van der Waals surface area contributed by atoms with Crippen molar-refractivity contribution in [2.45, 2.75) is 12.8 Å². The van der Waals surface area contributed by atoms with Crippen LogP contribution in [0.25, 0.3) is 5.69 Å². The molecule has 0 unspecified atom stereocenters. The summed E-state index contributed by atoms with van der Waals surface area (Å²) in [4.78, 5) is 25.1. The van der Waals surface area contributed by atoms with E-state index in [2.05, 4.69) is 15.5 Å². The second-order valence-electron chi connectivity index (χ2n) is 5.32. The van der Waals surface area contributed by atoms with Gasteiger partial charge in [0.25, 0.3) is 5.91 Å². The van der Waals surface area contributed by atoms with Gasteiger partial charge in [0.1, 0.15) is 6.33 Å². The number of tetrazole rings is 1. The molecule has 9 heteroatoms. The molecule has 1 aliphatic heterocycles. The van der Waals surface area contributed by atoms with Crippen molar-refractivity contribution in [3.05, 3.63) is 35.1 Å². The van der Waals surface area contributed by atoms with Crippen LogP contribution in [0.15, 0.2) is 24.5 Å². The molecule has 8 nitrogen and oxygen atoms in total. The first-order chi connectivity index (χ1) is 11.1. The van der Waals surface area contributed by atoms with Gasteiger partial charge in [0.15, 0.2) is 0 Å². The Balaban J connectivity index is 1.74. The molecule has 1 N–H and O–H groups in total. The third kappa shape index (κ3) is 3.16.